The lowest BCUT2D eigenvalue weighted by Crippen LogP contribution is -2.37. The highest BCUT2D eigenvalue weighted by Gasteiger charge is 2.25. The SMILES string of the molecule is CCC(CC)(CC)Nc1nc(N)c(F)cc1F. The molecule has 0 fully saturated rings. The van der Waals surface area contributed by atoms with Crippen molar-refractivity contribution in [1.82, 2.24) is 4.98 Å². The topological polar surface area (TPSA) is 50.9 Å². The summed E-state index contributed by atoms with van der Waals surface area (Å²) in [5.74, 6) is -1.81. The minimum absolute atomic E-state index is 0.0226. The molecule has 1 aromatic heterocycles. The second kappa shape index (κ2) is 5.29. The maximum Gasteiger partial charge on any atom is 0.168 e. The van der Waals surface area contributed by atoms with Gasteiger partial charge in [-0.25, -0.2) is 13.8 Å². The summed E-state index contributed by atoms with van der Waals surface area (Å²) in [5, 5.41) is 3.05. The van der Waals surface area contributed by atoms with Gasteiger partial charge in [-0.3, -0.25) is 0 Å². The number of nitrogens with two attached hydrogens (primary N) is 1. The molecular formula is C12H19F2N3. The highest BCUT2D eigenvalue weighted by molar-refractivity contribution is 5.46. The molecule has 1 rings (SSSR count). The van der Waals surface area contributed by atoms with E-state index in [1.165, 1.54) is 0 Å². The molecule has 5 heteroatoms. The number of nitrogens with one attached hydrogen (secondary N) is 1. The molecule has 0 aliphatic carbocycles. The van der Waals surface area contributed by atoms with Crippen LogP contribution in [-0.4, -0.2) is 10.5 Å². The average molecular weight is 243 g/mol. The molecule has 0 unspecified atom stereocenters. The zero-order valence-electron chi connectivity index (χ0n) is 10.5. The summed E-state index contributed by atoms with van der Waals surface area (Å²) in [7, 11) is 0. The Bertz CT molecular complexity index is 381. The van der Waals surface area contributed by atoms with Gasteiger partial charge in [-0.2, -0.15) is 0 Å². The first kappa shape index (κ1) is 13.7. The van der Waals surface area contributed by atoms with E-state index in [-0.39, 0.29) is 17.2 Å². The highest BCUT2D eigenvalue weighted by atomic mass is 19.1. The van der Waals surface area contributed by atoms with E-state index in [9.17, 15) is 8.78 Å². The van der Waals surface area contributed by atoms with Crippen molar-refractivity contribution in [3.8, 4) is 0 Å². The van der Waals surface area contributed by atoms with Crippen LogP contribution in [0.15, 0.2) is 6.07 Å². The van der Waals surface area contributed by atoms with E-state index in [0.29, 0.717) is 0 Å². The Labute approximate surface area is 100 Å². The van der Waals surface area contributed by atoms with Crippen LogP contribution in [0.2, 0.25) is 0 Å². The minimum Gasteiger partial charge on any atom is -0.381 e. The van der Waals surface area contributed by atoms with Gasteiger partial charge in [0.1, 0.15) is 0 Å². The summed E-state index contributed by atoms with van der Waals surface area (Å²) in [6, 6.07) is 0.760. The predicted molar refractivity (Wildman–Crippen MR) is 65.8 cm³/mol. The van der Waals surface area contributed by atoms with Crippen LogP contribution in [0, 0.1) is 11.6 Å². The third kappa shape index (κ3) is 2.84. The number of hydrogen-bond acceptors (Lipinski definition) is 3. The van der Waals surface area contributed by atoms with Crippen LogP contribution in [0.3, 0.4) is 0 Å². The maximum absolute atomic E-state index is 13.5. The third-order valence-corrected chi connectivity index (χ3v) is 3.37. The Kier molecular flexibility index (Phi) is 4.26. The van der Waals surface area contributed by atoms with Crippen molar-refractivity contribution in [1.29, 1.82) is 0 Å². The summed E-state index contributed by atoms with van der Waals surface area (Å²) in [6.45, 7) is 6.06. The number of anilines is 2. The molecule has 3 N–H and O–H groups in total. The van der Waals surface area contributed by atoms with E-state index in [4.69, 9.17) is 5.73 Å². The third-order valence-electron chi connectivity index (χ3n) is 3.37. The van der Waals surface area contributed by atoms with Gasteiger partial charge in [0.15, 0.2) is 23.3 Å². The fourth-order valence-electron chi connectivity index (χ4n) is 1.83. The first-order chi connectivity index (χ1) is 7.98. The van der Waals surface area contributed by atoms with Crippen molar-refractivity contribution in [2.24, 2.45) is 0 Å². The van der Waals surface area contributed by atoms with Crippen LogP contribution >= 0.6 is 0 Å². The number of rotatable bonds is 5. The van der Waals surface area contributed by atoms with Gasteiger partial charge in [0.2, 0.25) is 0 Å². The molecule has 0 aromatic carbocycles. The van der Waals surface area contributed by atoms with Crippen molar-refractivity contribution >= 4 is 11.6 Å². The molecule has 1 aromatic rings. The smallest absolute Gasteiger partial charge is 0.168 e. The van der Waals surface area contributed by atoms with Crippen LogP contribution < -0.4 is 11.1 Å². The summed E-state index contributed by atoms with van der Waals surface area (Å²) < 4.78 is 26.5. The van der Waals surface area contributed by atoms with Gasteiger partial charge in [-0.15, -0.1) is 0 Å². The predicted octanol–water partition coefficient (Wildman–Crippen LogP) is 3.32. The summed E-state index contributed by atoms with van der Waals surface area (Å²) in [5.41, 5.74) is 5.12. The zero-order valence-corrected chi connectivity index (χ0v) is 10.5. The van der Waals surface area contributed by atoms with E-state index in [0.717, 1.165) is 25.3 Å². The molecule has 96 valence electrons. The van der Waals surface area contributed by atoms with Gasteiger partial charge in [0.25, 0.3) is 0 Å². The summed E-state index contributed by atoms with van der Waals surface area (Å²) in [6.07, 6.45) is 2.50. The molecule has 0 saturated carbocycles. The van der Waals surface area contributed by atoms with Gasteiger partial charge in [-0.05, 0) is 19.3 Å². The molecule has 0 amide bonds. The van der Waals surface area contributed by atoms with Crippen LogP contribution in [0.25, 0.3) is 0 Å². The lowest BCUT2D eigenvalue weighted by atomic mass is 9.90. The Morgan fingerprint density at radius 1 is 1.18 bits per heavy atom. The Morgan fingerprint density at radius 3 is 2.18 bits per heavy atom. The van der Waals surface area contributed by atoms with E-state index < -0.39 is 11.6 Å². The molecule has 0 saturated heterocycles. The average Bonchev–Trinajstić information content (AvgIpc) is 2.33. The Balaban J connectivity index is 3.05. The molecule has 1 heterocycles. The molecule has 3 nitrogen and oxygen atoms in total. The zero-order chi connectivity index (χ0) is 13.1. The van der Waals surface area contributed by atoms with Crippen molar-refractivity contribution in [3.05, 3.63) is 17.7 Å². The second-order valence-electron chi connectivity index (χ2n) is 4.15. The number of pyridine rings is 1. The highest BCUT2D eigenvalue weighted by Crippen LogP contribution is 2.27. The molecule has 0 aliphatic rings. The first-order valence-corrected chi connectivity index (χ1v) is 5.87. The molecule has 17 heavy (non-hydrogen) atoms. The van der Waals surface area contributed by atoms with Crippen molar-refractivity contribution < 1.29 is 8.78 Å². The molecule has 0 aliphatic heterocycles. The molecule has 0 spiro atoms. The minimum atomic E-state index is -0.830. The van der Waals surface area contributed by atoms with Crippen LogP contribution in [-0.2, 0) is 0 Å². The van der Waals surface area contributed by atoms with Gasteiger partial charge >= 0.3 is 0 Å². The van der Waals surface area contributed by atoms with Gasteiger partial charge in [0, 0.05) is 11.6 Å². The van der Waals surface area contributed by atoms with E-state index in [2.05, 4.69) is 10.3 Å². The fraction of sp³-hybridized carbons (Fsp3) is 0.583. The monoisotopic (exact) mass is 243 g/mol. The van der Waals surface area contributed by atoms with Crippen molar-refractivity contribution in [2.45, 2.75) is 45.6 Å². The quantitative estimate of drug-likeness (QED) is 0.834. The molecule has 0 radical (unpaired) electrons. The number of aromatic nitrogens is 1. The van der Waals surface area contributed by atoms with Crippen molar-refractivity contribution in [3.63, 3.8) is 0 Å². The van der Waals surface area contributed by atoms with Crippen LogP contribution in [0.1, 0.15) is 40.0 Å². The number of nitrogens with zero attached hydrogens (tertiary/aromatic N) is 1. The fourth-order valence-corrected chi connectivity index (χ4v) is 1.83. The van der Waals surface area contributed by atoms with E-state index in [1.807, 2.05) is 20.8 Å². The lowest BCUT2D eigenvalue weighted by Gasteiger charge is -2.32. The molecule has 0 bridgehead atoms. The Hall–Kier alpha value is -1.39. The molecule has 0 atom stereocenters. The van der Waals surface area contributed by atoms with E-state index in [1.54, 1.807) is 0 Å². The molecular weight excluding hydrogens is 224 g/mol. The van der Waals surface area contributed by atoms with Crippen molar-refractivity contribution in [2.75, 3.05) is 11.1 Å². The standard InChI is InChI=1S/C12H19F2N3/c1-4-12(5-2,6-3)17-11-9(14)7-8(13)10(15)16-11/h7H,4-6H2,1-3H3,(H3,15,16,17). The number of hydrogen-bond donors (Lipinski definition) is 2. The summed E-state index contributed by atoms with van der Waals surface area (Å²) in [4.78, 5) is 3.72. The number of halogens is 2. The van der Waals surface area contributed by atoms with Gasteiger partial charge < -0.3 is 11.1 Å². The van der Waals surface area contributed by atoms with Crippen LogP contribution in [0.4, 0.5) is 20.4 Å². The van der Waals surface area contributed by atoms with Gasteiger partial charge in [-0.1, -0.05) is 20.8 Å². The first-order valence-electron chi connectivity index (χ1n) is 5.87. The van der Waals surface area contributed by atoms with Gasteiger partial charge in [0.05, 0.1) is 0 Å². The van der Waals surface area contributed by atoms with E-state index >= 15 is 0 Å². The summed E-state index contributed by atoms with van der Waals surface area (Å²) >= 11 is 0. The number of nitrogen functional groups attached to an aromatic ring is 1. The largest absolute Gasteiger partial charge is 0.381 e. The maximum atomic E-state index is 13.5. The van der Waals surface area contributed by atoms with Crippen LogP contribution in [0.5, 0.6) is 0 Å². The normalized spacial score (nSPS) is 11.6. The lowest BCUT2D eigenvalue weighted by molar-refractivity contribution is 0.415. The Morgan fingerprint density at radius 2 is 1.71 bits per heavy atom. The second-order valence-corrected chi connectivity index (χ2v) is 4.15.